The highest BCUT2D eigenvalue weighted by Crippen LogP contribution is 2.52. The molecule has 5 nitrogen and oxygen atoms in total. The third-order valence-electron chi connectivity index (χ3n) is 4.26. The fourth-order valence-electron chi connectivity index (χ4n) is 3.27. The van der Waals surface area contributed by atoms with Crippen LogP contribution in [0.1, 0.15) is 42.6 Å². The minimum Gasteiger partial charge on any atom is -0.366 e. The van der Waals surface area contributed by atoms with E-state index < -0.39 is 0 Å². The monoisotopic (exact) mass is 283 g/mol. The number of ether oxygens (including phenoxy) is 1. The first kappa shape index (κ1) is 12.6. The van der Waals surface area contributed by atoms with Crippen molar-refractivity contribution in [2.45, 2.75) is 38.0 Å². The van der Waals surface area contributed by atoms with E-state index in [2.05, 4.69) is 16.4 Å². The van der Waals surface area contributed by atoms with Crippen LogP contribution in [0.2, 0.25) is 0 Å². The minimum absolute atomic E-state index is 0.0277. The molecule has 1 amide bonds. The Morgan fingerprint density at radius 1 is 1.38 bits per heavy atom. The summed E-state index contributed by atoms with van der Waals surface area (Å²) in [6.07, 6.45) is 8.28. The largest absolute Gasteiger partial charge is 0.366 e. The molecular formula is C16H17N3O2. The fraction of sp³-hybridized carbons (Fsp3) is 0.375. The lowest BCUT2D eigenvalue weighted by molar-refractivity contribution is -0.116. The van der Waals surface area contributed by atoms with Gasteiger partial charge >= 0.3 is 0 Å². The minimum atomic E-state index is 0.0277. The Morgan fingerprint density at radius 3 is 3.14 bits per heavy atom. The summed E-state index contributed by atoms with van der Waals surface area (Å²) in [6, 6.07) is 6.08. The number of amides is 1. The Morgan fingerprint density at radius 2 is 2.29 bits per heavy atom. The first-order valence-electron chi connectivity index (χ1n) is 7.35. The van der Waals surface area contributed by atoms with Gasteiger partial charge in [0.05, 0.1) is 18.5 Å². The summed E-state index contributed by atoms with van der Waals surface area (Å²) in [4.78, 5) is 16.1. The predicted octanol–water partition coefficient (Wildman–Crippen LogP) is 2.82. The molecule has 2 aromatic rings. The molecule has 108 valence electrons. The topological polar surface area (TPSA) is 56.2 Å². The predicted molar refractivity (Wildman–Crippen MR) is 77.7 cm³/mol. The van der Waals surface area contributed by atoms with Gasteiger partial charge in [-0.1, -0.05) is 12.1 Å². The second-order valence-electron chi connectivity index (χ2n) is 5.60. The second-order valence-corrected chi connectivity index (χ2v) is 5.60. The number of rotatable bonds is 4. The van der Waals surface area contributed by atoms with Crippen molar-refractivity contribution in [2.24, 2.45) is 0 Å². The Bertz CT molecular complexity index is 666. The molecule has 1 N–H and O–H groups in total. The fourth-order valence-corrected chi connectivity index (χ4v) is 3.27. The number of nitrogens with one attached hydrogen (secondary N) is 1. The van der Waals surface area contributed by atoms with E-state index in [-0.39, 0.29) is 18.1 Å². The zero-order valence-electron chi connectivity index (χ0n) is 11.7. The molecule has 3 heterocycles. The molecule has 1 aromatic carbocycles. The second kappa shape index (κ2) is 5.00. The lowest BCUT2D eigenvalue weighted by Gasteiger charge is -2.16. The molecule has 0 saturated carbocycles. The summed E-state index contributed by atoms with van der Waals surface area (Å²) in [7, 11) is 0. The van der Waals surface area contributed by atoms with E-state index in [1.54, 1.807) is 12.5 Å². The lowest BCUT2D eigenvalue weighted by Crippen LogP contribution is -2.16. The van der Waals surface area contributed by atoms with Gasteiger partial charge in [0.15, 0.2) is 0 Å². The van der Waals surface area contributed by atoms with E-state index in [0.29, 0.717) is 13.0 Å². The smallest absolute Gasteiger partial charge is 0.226 e. The summed E-state index contributed by atoms with van der Waals surface area (Å²) < 4.78 is 7.82. The average molecular weight is 283 g/mol. The van der Waals surface area contributed by atoms with E-state index >= 15 is 0 Å². The van der Waals surface area contributed by atoms with Crippen molar-refractivity contribution in [1.82, 2.24) is 9.55 Å². The van der Waals surface area contributed by atoms with Crippen molar-refractivity contribution >= 4 is 11.6 Å². The van der Waals surface area contributed by atoms with Crippen LogP contribution in [0, 0.1) is 0 Å². The quantitative estimate of drug-likeness (QED) is 0.938. The molecule has 2 aliphatic rings. The molecule has 2 unspecified atom stereocenters. The maximum absolute atomic E-state index is 12.1. The molecule has 21 heavy (non-hydrogen) atoms. The zero-order chi connectivity index (χ0) is 14.2. The molecule has 0 spiro atoms. The number of aromatic nitrogens is 2. The van der Waals surface area contributed by atoms with Crippen LogP contribution in [0.25, 0.3) is 0 Å². The molecular weight excluding hydrogens is 266 g/mol. The normalized spacial score (nSPS) is 22.3. The Balaban J connectivity index is 1.47. The molecule has 1 saturated heterocycles. The number of nitrogens with zero attached hydrogens (tertiary/aromatic N) is 2. The van der Waals surface area contributed by atoms with Crippen molar-refractivity contribution < 1.29 is 9.53 Å². The van der Waals surface area contributed by atoms with Crippen LogP contribution in [0.15, 0.2) is 36.9 Å². The van der Waals surface area contributed by atoms with Gasteiger partial charge in [0.2, 0.25) is 5.91 Å². The summed E-state index contributed by atoms with van der Waals surface area (Å²) in [6.45, 7) is 0.642. The van der Waals surface area contributed by atoms with Gasteiger partial charge in [-0.05, 0) is 24.5 Å². The van der Waals surface area contributed by atoms with Crippen molar-refractivity contribution in [1.29, 1.82) is 0 Å². The van der Waals surface area contributed by atoms with Gasteiger partial charge in [-0.15, -0.1) is 0 Å². The van der Waals surface area contributed by atoms with Gasteiger partial charge in [0.1, 0.15) is 0 Å². The van der Waals surface area contributed by atoms with E-state index in [1.165, 1.54) is 11.1 Å². The van der Waals surface area contributed by atoms with Gasteiger partial charge < -0.3 is 14.6 Å². The van der Waals surface area contributed by atoms with Gasteiger partial charge in [0, 0.05) is 36.6 Å². The maximum Gasteiger partial charge on any atom is 0.226 e. The number of anilines is 1. The zero-order valence-corrected chi connectivity index (χ0v) is 11.7. The number of imidazole rings is 1. The Labute approximate surface area is 122 Å². The lowest BCUT2D eigenvalue weighted by atomic mass is 9.90. The van der Waals surface area contributed by atoms with Gasteiger partial charge in [0.25, 0.3) is 0 Å². The van der Waals surface area contributed by atoms with Crippen LogP contribution >= 0.6 is 0 Å². The molecule has 0 aliphatic carbocycles. The third-order valence-corrected chi connectivity index (χ3v) is 4.26. The van der Waals surface area contributed by atoms with Gasteiger partial charge in [-0.2, -0.15) is 0 Å². The highest BCUT2D eigenvalue weighted by atomic mass is 16.5. The van der Waals surface area contributed by atoms with Crippen LogP contribution < -0.4 is 5.32 Å². The molecule has 4 rings (SSSR count). The number of hydrogen-bond acceptors (Lipinski definition) is 3. The highest BCUT2D eigenvalue weighted by molar-refractivity contribution is 5.92. The maximum atomic E-state index is 12.1. The first-order valence-corrected chi connectivity index (χ1v) is 7.35. The van der Waals surface area contributed by atoms with Crippen molar-refractivity contribution in [2.75, 3.05) is 5.32 Å². The summed E-state index contributed by atoms with van der Waals surface area (Å²) >= 11 is 0. The van der Waals surface area contributed by atoms with E-state index in [0.717, 1.165) is 18.5 Å². The molecule has 2 atom stereocenters. The van der Waals surface area contributed by atoms with Gasteiger partial charge in [-0.3, -0.25) is 4.79 Å². The number of hydrogen-bond donors (Lipinski definition) is 1. The molecule has 2 bridgehead atoms. The van der Waals surface area contributed by atoms with Crippen LogP contribution in [0.4, 0.5) is 5.69 Å². The van der Waals surface area contributed by atoms with E-state index in [1.807, 2.05) is 22.9 Å². The number of benzene rings is 1. The molecule has 2 aliphatic heterocycles. The number of aryl methyl sites for hydroxylation is 1. The molecule has 1 fully saturated rings. The van der Waals surface area contributed by atoms with Crippen LogP contribution in [-0.4, -0.2) is 15.5 Å². The molecule has 5 heteroatoms. The van der Waals surface area contributed by atoms with Crippen LogP contribution in [0.3, 0.4) is 0 Å². The van der Waals surface area contributed by atoms with Crippen molar-refractivity contribution in [3.8, 4) is 0 Å². The SMILES string of the molecule is O=C(CCn1ccnc1)Nc1cccc2c1C1CCC2O1. The Kier molecular flexibility index (Phi) is 3.00. The summed E-state index contributed by atoms with van der Waals surface area (Å²) in [5.41, 5.74) is 3.35. The van der Waals surface area contributed by atoms with Crippen LogP contribution in [-0.2, 0) is 16.1 Å². The van der Waals surface area contributed by atoms with E-state index in [4.69, 9.17) is 4.74 Å². The third kappa shape index (κ3) is 2.23. The summed E-state index contributed by atoms with van der Waals surface area (Å²) in [5.74, 6) is 0.0277. The van der Waals surface area contributed by atoms with Crippen molar-refractivity contribution in [3.05, 3.63) is 48.0 Å². The van der Waals surface area contributed by atoms with E-state index in [9.17, 15) is 4.79 Å². The highest BCUT2D eigenvalue weighted by Gasteiger charge is 2.39. The summed E-state index contributed by atoms with van der Waals surface area (Å²) in [5, 5.41) is 3.04. The number of carbonyl (C=O) groups excluding carboxylic acids is 1. The Hall–Kier alpha value is -2.14. The van der Waals surface area contributed by atoms with Gasteiger partial charge in [-0.25, -0.2) is 4.98 Å². The number of fused-ring (bicyclic) bond motifs is 5. The number of carbonyl (C=O) groups is 1. The van der Waals surface area contributed by atoms with Crippen LogP contribution in [0.5, 0.6) is 0 Å². The molecule has 0 radical (unpaired) electrons. The first-order chi connectivity index (χ1) is 10.3. The average Bonchev–Trinajstić information content (AvgIpc) is 3.22. The van der Waals surface area contributed by atoms with Crippen molar-refractivity contribution in [3.63, 3.8) is 0 Å². The molecule has 1 aromatic heterocycles. The standard InChI is InChI=1S/C16H17N3O2/c20-15(6-8-19-9-7-17-10-19)18-12-3-1-2-11-13-4-5-14(21-13)16(11)12/h1-3,7,9-10,13-14H,4-6,8H2,(H,18,20).